The van der Waals surface area contributed by atoms with E-state index in [4.69, 9.17) is 9.47 Å². The number of H-pyrrole nitrogens is 1. The highest BCUT2D eigenvalue weighted by Crippen LogP contribution is 2.30. The van der Waals surface area contributed by atoms with Gasteiger partial charge in [-0.15, -0.1) is 0 Å². The fraction of sp³-hybridized carbons (Fsp3) is 0.318. The van der Waals surface area contributed by atoms with E-state index in [0.717, 1.165) is 34.1 Å². The van der Waals surface area contributed by atoms with Crippen LogP contribution in [-0.2, 0) is 24.2 Å². The maximum absolute atomic E-state index is 13.7. The van der Waals surface area contributed by atoms with E-state index < -0.39 is 0 Å². The Labute approximate surface area is 163 Å². The van der Waals surface area contributed by atoms with Gasteiger partial charge in [-0.3, -0.25) is 4.79 Å². The van der Waals surface area contributed by atoms with Gasteiger partial charge in [0.15, 0.2) is 11.5 Å². The van der Waals surface area contributed by atoms with Crippen LogP contribution in [-0.4, -0.2) is 36.6 Å². The first-order valence-electron chi connectivity index (χ1n) is 9.36. The summed E-state index contributed by atoms with van der Waals surface area (Å²) in [5.41, 5.74) is 4.08. The van der Waals surface area contributed by atoms with Crippen LogP contribution in [0.3, 0.4) is 0 Å². The Morgan fingerprint density at radius 1 is 1.14 bits per heavy atom. The van der Waals surface area contributed by atoms with Gasteiger partial charge in [-0.05, 0) is 42.3 Å². The average Bonchev–Trinajstić information content (AvgIpc) is 3.08. The van der Waals surface area contributed by atoms with E-state index in [0.29, 0.717) is 37.4 Å². The minimum Gasteiger partial charge on any atom is -0.493 e. The molecule has 5 nitrogen and oxygen atoms in total. The van der Waals surface area contributed by atoms with Crippen LogP contribution in [0.2, 0.25) is 0 Å². The number of methoxy groups -OCH3 is 2. The Hall–Kier alpha value is -3.02. The van der Waals surface area contributed by atoms with E-state index >= 15 is 0 Å². The van der Waals surface area contributed by atoms with E-state index in [-0.39, 0.29) is 11.7 Å². The molecule has 0 unspecified atom stereocenters. The zero-order valence-corrected chi connectivity index (χ0v) is 16.0. The van der Waals surface area contributed by atoms with Gasteiger partial charge < -0.3 is 19.4 Å². The second-order valence-electron chi connectivity index (χ2n) is 7.03. The van der Waals surface area contributed by atoms with Crippen LogP contribution >= 0.6 is 0 Å². The number of aromatic amines is 1. The highest BCUT2D eigenvalue weighted by Gasteiger charge is 2.24. The number of aryl methyl sites for hydroxylation is 1. The molecule has 0 aliphatic carbocycles. The molecule has 0 bridgehead atoms. The molecule has 146 valence electrons. The van der Waals surface area contributed by atoms with Crippen molar-refractivity contribution in [1.82, 2.24) is 9.88 Å². The van der Waals surface area contributed by atoms with E-state index in [9.17, 15) is 9.18 Å². The molecule has 3 aromatic rings. The minimum atomic E-state index is -0.258. The van der Waals surface area contributed by atoms with Crippen molar-refractivity contribution >= 4 is 16.8 Å². The van der Waals surface area contributed by atoms with Gasteiger partial charge in [0.05, 0.1) is 14.2 Å². The van der Waals surface area contributed by atoms with E-state index in [2.05, 4.69) is 4.98 Å². The van der Waals surface area contributed by atoms with Crippen molar-refractivity contribution in [3.8, 4) is 11.5 Å². The Morgan fingerprint density at radius 3 is 2.75 bits per heavy atom. The Kier molecular flexibility index (Phi) is 4.94. The molecular weight excluding hydrogens is 359 g/mol. The number of amides is 1. The van der Waals surface area contributed by atoms with Crippen LogP contribution in [0.1, 0.15) is 23.2 Å². The van der Waals surface area contributed by atoms with E-state index in [1.807, 2.05) is 23.1 Å². The SMILES string of the molecule is COc1ccc(CCC(=O)N2CCc3[nH]c4ccc(F)cc4c3C2)cc1OC. The highest BCUT2D eigenvalue weighted by atomic mass is 19.1. The first-order valence-corrected chi connectivity index (χ1v) is 9.36. The van der Waals surface area contributed by atoms with Gasteiger partial charge >= 0.3 is 0 Å². The van der Waals surface area contributed by atoms with Gasteiger partial charge in [0.25, 0.3) is 0 Å². The number of carbonyl (C=O) groups is 1. The van der Waals surface area contributed by atoms with Crippen molar-refractivity contribution < 1.29 is 18.7 Å². The molecule has 6 heteroatoms. The molecule has 2 aromatic carbocycles. The number of benzene rings is 2. The molecule has 0 saturated heterocycles. The normalized spacial score (nSPS) is 13.5. The maximum Gasteiger partial charge on any atom is 0.223 e. The van der Waals surface area contributed by atoms with Crippen LogP contribution in [0, 0.1) is 5.82 Å². The molecule has 0 saturated carbocycles. The summed E-state index contributed by atoms with van der Waals surface area (Å²) in [6.07, 6.45) is 1.81. The number of carbonyl (C=O) groups excluding carboxylic acids is 1. The predicted molar refractivity (Wildman–Crippen MR) is 105 cm³/mol. The number of ether oxygens (including phenoxy) is 2. The molecular formula is C22H23FN2O3. The molecule has 0 fully saturated rings. The average molecular weight is 382 g/mol. The summed E-state index contributed by atoms with van der Waals surface area (Å²) in [7, 11) is 3.20. The number of halogens is 1. The topological polar surface area (TPSA) is 54.6 Å². The summed E-state index contributed by atoms with van der Waals surface area (Å²) in [5, 5.41) is 0.868. The lowest BCUT2D eigenvalue weighted by molar-refractivity contribution is -0.132. The monoisotopic (exact) mass is 382 g/mol. The molecule has 28 heavy (non-hydrogen) atoms. The number of nitrogens with zero attached hydrogens (tertiary/aromatic N) is 1. The lowest BCUT2D eigenvalue weighted by Crippen LogP contribution is -2.35. The van der Waals surface area contributed by atoms with Crippen molar-refractivity contribution in [2.24, 2.45) is 0 Å². The number of nitrogens with one attached hydrogen (secondary N) is 1. The van der Waals surface area contributed by atoms with Crippen LogP contribution in [0.15, 0.2) is 36.4 Å². The predicted octanol–water partition coefficient (Wildman–Crippen LogP) is 3.84. The maximum atomic E-state index is 13.7. The number of hydrogen-bond acceptors (Lipinski definition) is 3. The van der Waals surface area contributed by atoms with Gasteiger partial charge in [-0.25, -0.2) is 4.39 Å². The van der Waals surface area contributed by atoms with E-state index in [1.165, 1.54) is 6.07 Å². The number of fused-ring (bicyclic) bond motifs is 3. The largest absolute Gasteiger partial charge is 0.493 e. The van der Waals surface area contributed by atoms with Crippen LogP contribution in [0.25, 0.3) is 10.9 Å². The quantitative estimate of drug-likeness (QED) is 0.729. The van der Waals surface area contributed by atoms with Crippen LogP contribution in [0.4, 0.5) is 4.39 Å². The second-order valence-corrected chi connectivity index (χ2v) is 7.03. The van der Waals surface area contributed by atoms with Crippen molar-refractivity contribution in [1.29, 1.82) is 0 Å². The molecule has 0 spiro atoms. The van der Waals surface area contributed by atoms with Crippen LogP contribution in [0.5, 0.6) is 11.5 Å². The molecule has 0 radical (unpaired) electrons. The summed E-state index contributed by atoms with van der Waals surface area (Å²) in [6.45, 7) is 1.19. The summed E-state index contributed by atoms with van der Waals surface area (Å²) in [6, 6.07) is 10.5. The van der Waals surface area contributed by atoms with Crippen LogP contribution < -0.4 is 9.47 Å². The first-order chi connectivity index (χ1) is 13.6. The minimum absolute atomic E-state index is 0.103. The lowest BCUT2D eigenvalue weighted by atomic mass is 10.0. The molecule has 0 atom stereocenters. The smallest absolute Gasteiger partial charge is 0.223 e. The van der Waals surface area contributed by atoms with E-state index in [1.54, 1.807) is 26.4 Å². The van der Waals surface area contributed by atoms with Crippen molar-refractivity contribution in [2.45, 2.75) is 25.8 Å². The fourth-order valence-corrected chi connectivity index (χ4v) is 3.84. The zero-order valence-electron chi connectivity index (χ0n) is 16.0. The second kappa shape index (κ2) is 7.54. The highest BCUT2D eigenvalue weighted by molar-refractivity contribution is 5.86. The number of rotatable bonds is 5. The lowest BCUT2D eigenvalue weighted by Gasteiger charge is -2.27. The summed E-state index contributed by atoms with van der Waals surface area (Å²) < 4.78 is 24.2. The van der Waals surface area contributed by atoms with Gasteiger partial charge in [-0.2, -0.15) is 0 Å². The molecule has 1 aliphatic heterocycles. The number of hydrogen-bond donors (Lipinski definition) is 1. The molecule has 1 aromatic heterocycles. The Bertz CT molecular complexity index is 1030. The molecule has 1 N–H and O–H groups in total. The van der Waals surface area contributed by atoms with Gasteiger partial charge in [0.2, 0.25) is 5.91 Å². The third kappa shape index (κ3) is 3.42. The third-order valence-corrected chi connectivity index (χ3v) is 5.37. The van der Waals surface area contributed by atoms with Crippen molar-refractivity contribution in [3.63, 3.8) is 0 Å². The Balaban J connectivity index is 1.45. The van der Waals surface area contributed by atoms with Gasteiger partial charge in [0, 0.05) is 48.1 Å². The summed E-state index contributed by atoms with van der Waals surface area (Å²) >= 11 is 0. The summed E-state index contributed by atoms with van der Waals surface area (Å²) in [5.74, 6) is 1.18. The van der Waals surface area contributed by atoms with Crippen molar-refractivity contribution in [2.75, 3.05) is 20.8 Å². The Morgan fingerprint density at radius 2 is 1.96 bits per heavy atom. The van der Waals surface area contributed by atoms with Gasteiger partial charge in [-0.1, -0.05) is 6.07 Å². The summed E-state index contributed by atoms with van der Waals surface area (Å²) in [4.78, 5) is 18.0. The zero-order chi connectivity index (χ0) is 19.7. The van der Waals surface area contributed by atoms with Gasteiger partial charge in [0.1, 0.15) is 5.82 Å². The number of aromatic nitrogens is 1. The molecule has 1 aliphatic rings. The fourth-order valence-electron chi connectivity index (χ4n) is 3.84. The first kappa shape index (κ1) is 18.3. The molecule has 2 heterocycles. The molecule has 1 amide bonds. The standard InChI is InChI=1S/C22H23FN2O3/c1-27-20-7-3-14(11-21(20)28-2)4-8-22(26)25-10-9-19-17(13-25)16-12-15(23)5-6-18(16)24-19/h3,5-7,11-12,24H,4,8-10,13H2,1-2H3. The van der Waals surface area contributed by atoms with Crippen molar-refractivity contribution in [3.05, 3.63) is 59.0 Å². The third-order valence-electron chi connectivity index (χ3n) is 5.37. The molecule has 4 rings (SSSR count).